The van der Waals surface area contributed by atoms with Crippen LogP contribution in [0.2, 0.25) is 0 Å². The maximum Gasteiger partial charge on any atom is 0.339 e. The highest BCUT2D eigenvalue weighted by molar-refractivity contribution is 7.18. The van der Waals surface area contributed by atoms with Gasteiger partial charge in [0.05, 0.1) is 52.1 Å². The predicted molar refractivity (Wildman–Crippen MR) is 597 cm³/mol. The van der Waals surface area contributed by atoms with Crippen LogP contribution >= 0.6 is 34.0 Å². The number of para-hydroxylation sites is 3. The first-order chi connectivity index (χ1) is 65.3. The number of rotatable bonds is 15. The van der Waals surface area contributed by atoms with Gasteiger partial charge in [-0.2, -0.15) is 0 Å². The van der Waals surface area contributed by atoms with E-state index >= 15 is 0 Å². The van der Waals surface area contributed by atoms with Gasteiger partial charge in [-0.3, -0.25) is 29.5 Å². The summed E-state index contributed by atoms with van der Waals surface area (Å²) < 4.78 is 17.6. The number of hydrogen-bond acceptors (Lipinski definition) is 17. The Balaban J connectivity index is 0.000000214. The van der Waals surface area contributed by atoms with Crippen molar-refractivity contribution < 1.29 is 28.3 Å². The molecule has 15 nitrogen and oxygen atoms in total. The molecule has 8 aromatic heterocycles. The summed E-state index contributed by atoms with van der Waals surface area (Å²) in [5.41, 5.74) is 16.7. The van der Waals surface area contributed by atoms with Crippen molar-refractivity contribution >= 4 is 84.4 Å². The van der Waals surface area contributed by atoms with E-state index in [2.05, 4.69) is 351 Å². The molecule has 0 spiro atoms. The first kappa shape index (κ1) is 117. The molecule has 2 aliphatic rings. The van der Waals surface area contributed by atoms with Gasteiger partial charge in [0, 0.05) is 94.2 Å². The van der Waals surface area contributed by atoms with Crippen LogP contribution in [-0.2, 0) is 74.1 Å². The number of Topliss-reactive ketones (excluding diaryl/α,β-unsaturated/α-hetero) is 1. The van der Waals surface area contributed by atoms with Gasteiger partial charge in [-0.1, -0.05) is 312 Å². The van der Waals surface area contributed by atoms with Crippen LogP contribution in [0.4, 0.5) is 11.5 Å². The van der Waals surface area contributed by atoms with Crippen LogP contribution in [0.1, 0.15) is 344 Å². The van der Waals surface area contributed by atoms with Gasteiger partial charge in [0.15, 0.2) is 0 Å². The number of amides is 1. The maximum atomic E-state index is 11.9. The number of aromatic nitrogens is 7. The number of hydrogen-bond donors (Lipinski definition) is 1. The van der Waals surface area contributed by atoms with E-state index in [4.69, 9.17) is 9.15 Å². The summed E-state index contributed by atoms with van der Waals surface area (Å²) in [6, 6.07) is 56.6. The third-order valence-corrected chi connectivity index (χ3v) is 28.3. The minimum Gasteiger partial charge on any atom is -0.493 e. The molecule has 1 saturated heterocycles. The van der Waals surface area contributed by atoms with E-state index in [0.29, 0.717) is 52.0 Å². The lowest BCUT2D eigenvalue weighted by molar-refractivity contribution is -0.119. The highest BCUT2D eigenvalue weighted by Crippen LogP contribution is 2.41. The largest absolute Gasteiger partial charge is 0.493 e. The molecule has 1 N–H and O–H groups in total. The number of fused-ring (bicyclic) bond motifs is 3. The van der Waals surface area contributed by atoms with E-state index in [0.717, 1.165) is 106 Å². The molecule has 1 amide bonds. The first-order valence-corrected chi connectivity index (χ1v) is 52.8. The van der Waals surface area contributed by atoms with E-state index in [-0.39, 0.29) is 44.4 Å². The zero-order chi connectivity index (χ0) is 104. The van der Waals surface area contributed by atoms with E-state index in [1.54, 1.807) is 69.6 Å². The number of furan rings is 1. The van der Waals surface area contributed by atoms with Crippen LogP contribution in [0.15, 0.2) is 218 Å². The molecule has 13 aromatic rings. The monoisotopic (exact) mass is 1950 g/mol. The lowest BCUT2D eigenvalue weighted by atomic mass is 9.76. The molecule has 5 aromatic carbocycles. The first-order valence-electron chi connectivity index (χ1n) is 50.3. The van der Waals surface area contributed by atoms with Crippen LogP contribution < -0.4 is 15.0 Å². The van der Waals surface area contributed by atoms with Crippen molar-refractivity contribution in [1.29, 1.82) is 0 Å². The molecule has 1 fully saturated rings. The zero-order valence-corrected chi connectivity index (χ0v) is 94.0. The summed E-state index contributed by atoms with van der Waals surface area (Å²) in [5.74, 6) is 5.06. The molecule has 0 radical (unpaired) electrons. The van der Waals surface area contributed by atoms with Gasteiger partial charge in [0.1, 0.15) is 39.4 Å². The number of nitrogens with zero attached hydrogens (tertiary/aromatic N) is 8. The summed E-state index contributed by atoms with van der Waals surface area (Å²) in [5, 5.41) is 6.37. The molecule has 18 heteroatoms. The number of anilines is 2. The highest BCUT2D eigenvalue weighted by atomic mass is 32.1. The van der Waals surface area contributed by atoms with Crippen molar-refractivity contribution in [3.63, 3.8) is 0 Å². The van der Waals surface area contributed by atoms with Crippen LogP contribution in [0.3, 0.4) is 0 Å². The van der Waals surface area contributed by atoms with Crippen LogP contribution in [-0.4, -0.2) is 79.4 Å². The molecule has 140 heavy (non-hydrogen) atoms. The number of pyridine rings is 3. The fourth-order valence-corrected chi connectivity index (χ4v) is 19.1. The smallest absolute Gasteiger partial charge is 0.339 e. The number of nitrogens with one attached hydrogen (secondary N) is 1. The minimum atomic E-state index is -0.344. The molecule has 756 valence electrons. The number of ether oxygens (including phenoxy) is 2. The van der Waals surface area contributed by atoms with E-state index in [1.807, 2.05) is 114 Å². The SMILES string of the molecule is CC(C)(C)C1CCCN(c2cnccn2)C1.CC(C)(C)CCCc1nc2ccccc2s1.CC(C)(C)c1ccc(NC(=O)c2ccccn2)cc1.CC(C)CC(=O)Cc1cccc(C(C)(C)C)c1.CC1CCc2sc(C(C)(C)C)cc2C1.CCc1ccccc1OCC(C)(C)C.COC(=O)c1cncc(C(C)(C)C)c1.Cc1c(C(C)(C)C)oc2ccccc12.Cc1nc(-c2ccccn2)sc1C(C)(C)C. The van der Waals surface area contributed by atoms with E-state index < -0.39 is 0 Å². The fraction of sp³-hybridized carbons (Fsp3) is 0.492. The van der Waals surface area contributed by atoms with Crippen LogP contribution in [0, 0.1) is 47.8 Å². The number of methoxy groups -OCH3 is 1. The van der Waals surface area contributed by atoms with Gasteiger partial charge in [-0.05, 0) is 244 Å². The third kappa shape index (κ3) is 39.8. The van der Waals surface area contributed by atoms with Gasteiger partial charge in [0.25, 0.3) is 5.91 Å². The number of carbonyl (C=O) groups excluding carboxylic acids is 3. The normalized spacial score (nSPS) is 13.9. The van der Waals surface area contributed by atoms with Gasteiger partial charge in [0.2, 0.25) is 0 Å². The maximum absolute atomic E-state index is 11.9. The lowest BCUT2D eigenvalue weighted by Crippen LogP contribution is -2.41. The molecule has 9 heterocycles. The van der Waals surface area contributed by atoms with Crippen LogP contribution in [0.25, 0.3) is 31.9 Å². The van der Waals surface area contributed by atoms with Gasteiger partial charge >= 0.3 is 5.97 Å². The Kier molecular flexibility index (Phi) is 43.8. The topological polar surface area (TPSA) is 188 Å². The second-order valence-corrected chi connectivity index (χ2v) is 50.6. The Bertz CT molecular complexity index is 5890. The van der Waals surface area contributed by atoms with Crippen molar-refractivity contribution in [3.8, 4) is 16.5 Å². The molecular formula is C122H169N9O6S3. The third-order valence-electron chi connectivity index (χ3n) is 23.9. The molecule has 1 aliphatic carbocycles. The second-order valence-electron chi connectivity index (χ2n) is 47.3. The number of carbonyl (C=O) groups is 3. The minimum absolute atomic E-state index is 0.00295. The van der Waals surface area contributed by atoms with Gasteiger partial charge in [-0.15, -0.1) is 34.0 Å². The summed E-state index contributed by atoms with van der Waals surface area (Å²) in [4.78, 5) is 72.0. The molecule has 2 unspecified atom stereocenters. The molecule has 0 bridgehead atoms. The standard InChI is InChI=1S/C16H18N2O.C16H24O.C14H19NS.C13H21N3.C13H16N2S.C13H16O.C13H20O.C13H20S.C11H15NO2/c1-16(2,3)12-7-9-13(10-8-12)18-15(19)14-6-4-5-11-17-14;1-12(2)9-15(17)11-13-7-6-8-14(10-13)16(3,4)5;1-14(2,3)10-6-9-13-15-11-7-4-5-8-12(11)16-13;1-13(2,3)11-5-4-8-16(10-11)12-9-14-6-7-15-12;1-9-11(13(2,3)4)16-12(15-9)10-7-5-6-8-14-10;1-9-10-7-5-6-8-11(10)14-12(9)13(2,3)4;1-5-11-8-6-7-9-12(11)14-10-13(2,3)4;1-9-5-6-11-10(7-9)8-12(14-11)13(2,3)4;1-11(2,3)9-5-8(6-12-7-9)10(13)14-4/h4-11H,1-3H3,(H,18,19);6-8,10,12H,9,11H2,1-5H3;4-5,7-8H,6,9-10H2,1-3H3;6-7,9,11H,4-5,8,10H2,1-3H3;5-8H,1-4H3;5-8H,1-4H3;6-9H,5,10H2,1-4H3;8-9H,5-7H2,1-4H3;5-7H,1-4H3. The number of benzene rings is 5. The molecule has 15 rings (SSSR count). The Morgan fingerprint density at radius 2 is 1.22 bits per heavy atom. The average Bonchev–Trinajstić information content (AvgIpc) is 1.64. The lowest BCUT2D eigenvalue weighted by Gasteiger charge is -2.40. The fourth-order valence-electron chi connectivity index (χ4n) is 15.8. The predicted octanol–water partition coefficient (Wildman–Crippen LogP) is 33.0. The molecule has 2 atom stereocenters. The number of aryl methyl sites for hydroxylation is 5. The highest BCUT2D eigenvalue weighted by Gasteiger charge is 2.32. The number of ketones is 1. The number of thiophene rings is 1. The van der Waals surface area contributed by atoms with Crippen molar-refractivity contribution in [2.75, 3.05) is 37.0 Å². The summed E-state index contributed by atoms with van der Waals surface area (Å²) in [7, 11) is 1.37. The summed E-state index contributed by atoms with van der Waals surface area (Å²) >= 11 is 5.63. The Morgan fingerprint density at radius 3 is 1.79 bits per heavy atom. The van der Waals surface area contributed by atoms with E-state index in [9.17, 15) is 14.4 Å². The number of piperidine rings is 1. The average molecular weight is 1950 g/mol. The van der Waals surface area contributed by atoms with Gasteiger partial charge in [-0.25, -0.2) is 19.7 Å². The Morgan fingerprint density at radius 1 is 0.579 bits per heavy atom. The molecule has 1 aliphatic heterocycles. The number of thiazole rings is 2. The van der Waals surface area contributed by atoms with Crippen molar-refractivity contribution in [1.82, 2.24) is 34.9 Å². The second kappa shape index (κ2) is 52.6. The van der Waals surface area contributed by atoms with Crippen LogP contribution in [0.5, 0.6) is 5.75 Å². The van der Waals surface area contributed by atoms with E-state index in [1.165, 1.54) is 100 Å². The van der Waals surface area contributed by atoms with Crippen molar-refractivity contribution in [2.45, 2.75) is 332 Å². The number of esters is 1. The van der Waals surface area contributed by atoms with Gasteiger partial charge < -0.3 is 24.1 Å². The Labute approximate surface area is 855 Å². The zero-order valence-electron chi connectivity index (χ0n) is 91.6. The quantitative estimate of drug-likeness (QED) is 0.0955. The van der Waals surface area contributed by atoms with Crippen molar-refractivity contribution in [2.24, 2.45) is 34.0 Å². The van der Waals surface area contributed by atoms with Crippen molar-refractivity contribution in [3.05, 3.63) is 295 Å². The molecule has 0 saturated carbocycles. The summed E-state index contributed by atoms with van der Waals surface area (Å²) in [6.07, 6.45) is 24.6. The Hall–Kier alpha value is -10.4. The summed E-state index contributed by atoms with van der Waals surface area (Å²) in [6.45, 7) is 75.8. The molecular weight excluding hydrogens is 1780 g/mol.